The van der Waals surface area contributed by atoms with Crippen molar-refractivity contribution >= 4 is 40.6 Å². The number of nitrogens with one attached hydrogen (secondary N) is 3. The molecule has 3 amide bonds. The van der Waals surface area contributed by atoms with E-state index in [0.29, 0.717) is 0 Å². The van der Waals surface area contributed by atoms with E-state index >= 15 is 0 Å². The molecule has 9 nitrogen and oxygen atoms in total. The van der Waals surface area contributed by atoms with Gasteiger partial charge in [0.1, 0.15) is 6.54 Å². The normalized spacial score (nSPS) is 9.45. The lowest BCUT2D eigenvalue weighted by Gasteiger charge is -2.06. The van der Waals surface area contributed by atoms with E-state index < -0.39 is 30.2 Å². The van der Waals surface area contributed by atoms with Crippen LogP contribution in [0.1, 0.15) is 6.92 Å². The Morgan fingerprint density at radius 3 is 1.75 bits per heavy atom. The number of carboxylic acid groups (broad SMARTS) is 1. The number of rotatable bonds is 8. The topological polar surface area (TPSA) is 142 Å². The number of hydrogen-bond donors (Lipinski definition) is 4. The maximum atomic E-state index is 11.2. The summed E-state index contributed by atoms with van der Waals surface area (Å²) < 4.78 is 0. The van der Waals surface area contributed by atoms with Crippen molar-refractivity contribution in [1.82, 2.24) is 16.0 Å². The van der Waals surface area contributed by atoms with Gasteiger partial charge in [-0.2, -0.15) is 0 Å². The molecule has 0 aliphatic rings. The fourth-order valence-electron chi connectivity index (χ4n) is 0.875. The summed E-state index contributed by atoms with van der Waals surface area (Å²) in [6.07, 6.45) is 0. The zero-order valence-corrected chi connectivity index (χ0v) is 11.5. The van der Waals surface area contributed by atoms with Gasteiger partial charge < -0.3 is 21.1 Å². The van der Waals surface area contributed by atoms with Gasteiger partial charge in [0.15, 0.2) is 5.12 Å². The Balaban J connectivity index is 3.73. The summed E-state index contributed by atoms with van der Waals surface area (Å²) >= 11 is 0.816. The predicted octanol–water partition coefficient (Wildman–Crippen LogP) is -2.30. The number of carbonyl (C=O) groups is 5. The first-order valence-corrected chi connectivity index (χ1v) is 6.45. The molecule has 0 radical (unpaired) electrons. The second kappa shape index (κ2) is 9.78. The molecule has 0 fully saturated rings. The highest BCUT2D eigenvalue weighted by atomic mass is 32.2. The van der Waals surface area contributed by atoms with Crippen LogP contribution >= 0.6 is 11.8 Å². The van der Waals surface area contributed by atoms with Crippen LogP contribution in [-0.4, -0.2) is 59.3 Å². The molecule has 10 heteroatoms. The molecule has 0 aromatic rings. The number of aliphatic carboxylic acids is 1. The largest absolute Gasteiger partial charge is 0.480 e. The number of thioether (sulfide) groups is 1. The van der Waals surface area contributed by atoms with Gasteiger partial charge in [-0.3, -0.25) is 24.0 Å². The van der Waals surface area contributed by atoms with Gasteiger partial charge in [0, 0.05) is 6.92 Å². The summed E-state index contributed by atoms with van der Waals surface area (Å²) in [4.78, 5) is 54.2. The Bertz CT molecular complexity index is 376. The summed E-state index contributed by atoms with van der Waals surface area (Å²) in [5.41, 5.74) is 0. The minimum Gasteiger partial charge on any atom is -0.480 e. The zero-order chi connectivity index (χ0) is 15.5. The molecule has 20 heavy (non-hydrogen) atoms. The van der Waals surface area contributed by atoms with Crippen LogP contribution in [0.4, 0.5) is 0 Å². The third-order valence-electron chi connectivity index (χ3n) is 1.74. The van der Waals surface area contributed by atoms with Crippen LogP contribution in [0, 0.1) is 0 Å². The van der Waals surface area contributed by atoms with E-state index in [-0.39, 0.29) is 24.0 Å². The molecule has 0 bridgehead atoms. The minimum atomic E-state index is -1.19. The van der Waals surface area contributed by atoms with Crippen molar-refractivity contribution in [2.75, 3.05) is 25.4 Å². The fourth-order valence-corrected chi connectivity index (χ4v) is 1.31. The Hall–Kier alpha value is -2.10. The lowest BCUT2D eigenvalue weighted by Crippen LogP contribution is -2.43. The van der Waals surface area contributed by atoms with Crippen molar-refractivity contribution in [3.05, 3.63) is 0 Å². The molecule has 0 unspecified atom stereocenters. The summed E-state index contributed by atoms with van der Waals surface area (Å²) in [7, 11) is 0. The Kier molecular flexibility index (Phi) is 8.75. The highest BCUT2D eigenvalue weighted by molar-refractivity contribution is 8.14. The van der Waals surface area contributed by atoms with E-state index in [9.17, 15) is 24.0 Å². The van der Waals surface area contributed by atoms with E-state index in [1.54, 1.807) is 0 Å². The van der Waals surface area contributed by atoms with Crippen LogP contribution < -0.4 is 16.0 Å². The first-order valence-electron chi connectivity index (χ1n) is 5.46. The highest BCUT2D eigenvalue weighted by Gasteiger charge is 2.09. The van der Waals surface area contributed by atoms with Crippen LogP contribution in [0.25, 0.3) is 0 Å². The standard InChI is InChI=1S/C10H15N3O6S/c1-6(14)20-5-9(17)12-3-7(15)11-2-8(16)13-4-10(18)19/h2-5H2,1H3,(H,11,15)(H,12,17)(H,13,16)(H,18,19). The van der Waals surface area contributed by atoms with Crippen molar-refractivity contribution in [3.8, 4) is 0 Å². The van der Waals surface area contributed by atoms with E-state index in [4.69, 9.17) is 5.11 Å². The van der Waals surface area contributed by atoms with Gasteiger partial charge in [-0.15, -0.1) is 0 Å². The van der Waals surface area contributed by atoms with Crippen LogP contribution in [-0.2, 0) is 24.0 Å². The monoisotopic (exact) mass is 305 g/mol. The average Bonchev–Trinajstić information content (AvgIpc) is 2.37. The molecule has 0 rings (SSSR count). The molecule has 0 aliphatic heterocycles. The highest BCUT2D eigenvalue weighted by Crippen LogP contribution is 1.98. The first-order chi connectivity index (χ1) is 9.31. The van der Waals surface area contributed by atoms with Crippen LogP contribution in [0.3, 0.4) is 0 Å². The fraction of sp³-hybridized carbons (Fsp3) is 0.500. The lowest BCUT2D eigenvalue weighted by atomic mass is 10.5. The van der Waals surface area contributed by atoms with E-state index in [0.717, 1.165) is 11.8 Å². The molecule has 4 N–H and O–H groups in total. The van der Waals surface area contributed by atoms with E-state index in [1.165, 1.54) is 6.92 Å². The Morgan fingerprint density at radius 2 is 1.30 bits per heavy atom. The molecule has 112 valence electrons. The van der Waals surface area contributed by atoms with Crippen molar-refractivity contribution in [2.24, 2.45) is 0 Å². The summed E-state index contributed by atoms with van der Waals surface area (Å²) in [5, 5.41) is 14.6. The maximum absolute atomic E-state index is 11.2. The smallest absolute Gasteiger partial charge is 0.322 e. The van der Waals surface area contributed by atoms with Gasteiger partial charge in [-0.05, 0) is 0 Å². The molecule has 0 aliphatic carbocycles. The number of carboxylic acids is 1. The maximum Gasteiger partial charge on any atom is 0.322 e. The molecule has 0 aromatic carbocycles. The van der Waals surface area contributed by atoms with E-state index in [1.807, 2.05) is 0 Å². The SMILES string of the molecule is CC(=O)SCC(=O)NCC(=O)NCC(=O)NCC(=O)O. The molecule has 0 heterocycles. The Labute approximate surface area is 118 Å². The van der Waals surface area contributed by atoms with Crippen molar-refractivity contribution in [1.29, 1.82) is 0 Å². The third kappa shape index (κ3) is 11.0. The van der Waals surface area contributed by atoms with Crippen molar-refractivity contribution in [2.45, 2.75) is 6.92 Å². The molecular formula is C10H15N3O6S. The van der Waals surface area contributed by atoms with Crippen LogP contribution in [0.15, 0.2) is 0 Å². The summed E-state index contributed by atoms with van der Waals surface area (Å²) in [5.74, 6) is -3.01. The molecule has 0 aromatic heterocycles. The molecular weight excluding hydrogens is 290 g/mol. The van der Waals surface area contributed by atoms with Gasteiger partial charge in [0.2, 0.25) is 17.7 Å². The lowest BCUT2D eigenvalue weighted by molar-refractivity contribution is -0.137. The number of carbonyl (C=O) groups excluding carboxylic acids is 4. The second-order valence-electron chi connectivity index (χ2n) is 3.50. The average molecular weight is 305 g/mol. The number of amides is 3. The second-order valence-corrected chi connectivity index (χ2v) is 4.66. The van der Waals surface area contributed by atoms with Crippen molar-refractivity contribution < 1.29 is 29.1 Å². The van der Waals surface area contributed by atoms with Crippen LogP contribution in [0.5, 0.6) is 0 Å². The van der Waals surface area contributed by atoms with Gasteiger partial charge in [-0.25, -0.2) is 0 Å². The van der Waals surface area contributed by atoms with Crippen LogP contribution in [0.2, 0.25) is 0 Å². The van der Waals surface area contributed by atoms with E-state index in [2.05, 4.69) is 16.0 Å². The first kappa shape index (κ1) is 17.9. The summed E-state index contributed by atoms with van der Waals surface area (Å²) in [6.45, 7) is 0.0712. The Morgan fingerprint density at radius 1 is 0.850 bits per heavy atom. The van der Waals surface area contributed by atoms with Gasteiger partial charge in [-0.1, -0.05) is 11.8 Å². The van der Waals surface area contributed by atoms with Gasteiger partial charge >= 0.3 is 5.97 Å². The predicted molar refractivity (Wildman–Crippen MR) is 69.8 cm³/mol. The van der Waals surface area contributed by atoms with Crippen molar-refractivity contribution in [3.63, 3.8) is 0 Å². The molecule has 0 saturated carbocycles. The number of hydrogen-bond acceptors (Lipinski definition) is 6. The zero-order valence-electron chi connectivity index (χ0n) is 10.7. The molecule has 0 saturated heterocycles. The van der Waals surface area contributed by atoms with Gasteiger partial charge in [0.05, 0.1) is 18.8 Å². The quantitative estimate of drug-likeness (QED) is 0.395. The van der Waals surface area contributed by atoms with Gasteiger partial charge in [0.25, 0.3) is 0 Å². The third-order valence-corrected chi connectivity index (χ3v) is 2.55. The molecule has 0 atom stereocenters. The summed E-state index contributed by atoms with van der Waals surface area (Å²) in [6, 6.07) is 0. The molecule has 0 spiro atoms. The minimum absolute atomic E-state index is 0.0816.